The summed E-state index contributed by atoms with van der Waals surface area (Å²) >= 11 is 0. The van der Waals surface area contributed by atoms with E-state index in [9.17, 15) is 9.59 Å². The number of carbonyl (C=O) groups excluding carboxylic acids is 1. The molecule has 0 spiro atoms. The molecule has 2 aliphatic heterocycles. The monoisotopic (exact) mass is 400 g/mol. The van der Waals surface area contributed by atoms with Crippen LogP contribution in [0.5, 0.6) is 0 Å². The molecule has 2 fully saturated rings. The lowest BCUT2D eigenvalue weighted by atomic mass is 10.0. The Bertz CT molecular complexity index is 1200. The normalized spacial score (nSPS) is 20.4. The molecule has 5 rings (SSSR count). The highest BCUT2D eigenvalue weighted by molar-refractivity contribution is 5.79. The fourth-order valence-electron chi connectivity index (χ4n) is 4.49. The Labute approximate surface area is 173 Å². The number of nitriles is 1. The Morgan fingerprint density at radius 1 is 1.07 bits per heavy atom. The Morgan fingerprint density at radius 3 is 2.53 bits per heavy atom. The Morgan fingerprint density at radius 2 is 1.83 bits per heavy atom. The number of anilines is 1. The van der Waals surface area contributed by atoms with E-state index >= 15 is 0 Å². The first kappa shape index (κ1) is 18.3. The van der Waals surface area contributed by atoms with Crippen molar-refractivity contribution in [2.75, 3.05) is 31.1 Å². The van der Waals surface area contributed by atoms with Crippen LogP contribution in [0.2, 0.25) is 0 Å². The van der Waals surface area contributed by atoms with Crippen molar-refractivity contribution in [3.63, 3.8) is 0 Å². The maximum absolute atomic E-state index is 12.8. The summed E-state index contributed by atoms with van der Waals surface area (Å²) < 4.78 is 1.39. The number of fused-ring (bicyclic) bond motifs is 2. The number of carbonyl (C=O) groups is 1. The van der Waals surface area contributed by atoms with Crippen LogP contribution in [0.3, 0.4) is 0 Å². The van der Waals surface area contributed by atoms with E-state index in [-0.39, 0.29) is 18.0 Å². The van der Waals surface area contributed by atoms with Crippen LogP contribution in [-0.4, -0.2) is 51.5 Å². The number of para-hydroxylation sites is 1. The highest BCUT2D eigenvalue weighted by Gasteiger charge is 2.41. The molecule has 4 heterocycles. The highest BCUT2D eigenvalue weighted by Crippen LogP contribution is 2.33. The predicted octanol–water partition coefficient (Wildman–Crippen LogP) is 1.26. The molecule has 2 aromatic heterocycles. The van der Waals surface area contributed by atoms with E-state index in [2.05, 4.69) is 20.9 Å². The van der Waals surface area contributed by atoms with Crippen LogP contribution in [0.25, 0.3) is 10.9 Å². The molecule has 1 aromatic carbocycles. The van der Waals surface area contributed by atoms with Gasteiger partial charge >= 0.3 is 0 Å². The SMILES string of the molecule is N#Cc1ccc(N2CC3CN(C(=O)Cn4cnc5ccccc5c4=O)CC3C2)nc1. The summed E-state index contributed by atoms with van der Waals surface area (Å²) in [5.41, 5.74) is 0.998. The molecule has 0 radical (unpaired) electrons. The van der Waals surface area contributed by atoms with E-state index in [1.54, 1.807) is 30.5 Å². The minimum absolute atomic E-state index is 0.0109. The molecule has 2 aliphatic rings. The van der Waals surface area contributed by atoms with Gasteiger partial charge in [-0.25, -0.2) is 9.97 Å². The topological polar surface area (TPSA) is 95.1 Å². The van der Waals surface area contributed by atoms with E-state index in [1.165, 1.54) is 10.9 Å². The largest absolute Gasteiger partial charge is 0.356 e. The first-order valence-corrected chi connectivity index (χ1v) is 9.95. The van der Waals surface area contributed by atoms with Crippen LogP contribution in [0.15, 0.2) is 53.7 Å². The Hall–Kier alpha value is -3.73. The fraction of sp³-hybridized carbons (Fsp3) is 0.318. The second-order valence-corrected chi connectivity index (χ2v) is 7.94. The van der Waals surface area contributed by atoms with Crippen molar-refractivity contribution in [1.82, 2.24) is 19.4 Å². The van der Waals surface area contributed by atoms with Gasteiger partial charge in [-0.1, -0.05) is 12.1 Å². The predicted molar refractivity (Wildman–Crippen MR) is 111 cm³/mol. The zero-order valence-corrected chi connectivity index (χ0v) is 16.3. The maximum Gasteiger partial charge on any atom is 0.261 e. The van der Waals surface area contributed by atoms with Gasteiger partial charge in [-0.3, -0.25) is 14.2 Å². The van der Waals surface area contributed by atoms with Crippen LogP contribution >= 0.6 is 0 Å². The molecule has 8 heteroatoms. The lowest BCUT2D eigenvalue weighted by Gasteiger charge is -2.22. The van der Waals surface area contributed by atoms with Crippen LogP contribution in [0.4, 0.5) is 5.82 Å². The number of pyridine rings is 1. The molecule has 1 amide bonds. The van der Waals surface area contributed by atoms with Crippen molar-refractivity contribution in [1.29, 1.82) is 5.26 Å². The summed E-state index contributed by atoms with van der Waals surface area (Å²) in [6.45, 7) is 3.06. The third-order valence-corrected chi connectivity index (χ3v) is 6.08. The average molecular weight is 400 g/mol. The van der Waals surface area contributed by atoms with Gasteiger partial charge in [0.1, 0.15) is 18.4 Å². The van der Waals surface area contributed by atoms with Crippen molar-refractivity contribution in [3.05, 3.63) is 64.8 Å². The second kappa shape index (κ2) is 7.26. The Kier molecular flexibility index (Phi) is 4.43. The zero-order valence-electron chi connectivity index (χ0n) is 16.3. The number of nitrogens with zero attached hydrogens (tertiary/aromatic N) is 6. The van der Waals surface area contributed by atoms with Crippen LogP contribution < -0.4 is 10.5 Å². The van der Waals surface area contributed by atoms with Gasteiger partial charge in [0.05, 0.1) is 22.8 Å². The van der Waals surface area contributed by atoms with Gasteiger partial charge in [0, 0.05) is 44.2 Å². The van der Waals surface area contributed by atoms with Gasteiger partial charge in [0.25, 0.3) is 5.56 Å². The lowest BCUT2D eigenvalue weighted by molar-refractivity contribution is -0.131. The smallest absolute Gasteiger partial charge is 0.261 e. The highest BCUT2D eigenvalue weighted by atomic mass is 16.2. The first-order valence-electron chi connectivity index (χ1n) is 9.95. The van der Waals surface area contributed by atoms with Crippen molar-refractivity contribution in [2.24, 2.45) is 11.8 Å². The number of aromatic nitrogens is 3. The zero-order chi connectivity index (χ0) is 20.7. The number of likely N-dealkylation sites (tertiary alicyclic amines) is 1. The van der Waals surface area contributed by atoms with Gasteiger partial charge < -0.3 is 9.80 Å². The Balaban J connectivity index is 1.24. The molecule has 0 bridgehead atoms. The lowest BCUT2D eigenvalue weighted by Crippen LogP contribution is -2.37. The summed E-state index contributed by atoms with van der Waals surface area (Å²) in [6, 6.07) is 12.9. The number of amides is 1. The van der Waals surface area contributed by atoms with Gasteiger partial charge in [-0.05, 0) is 24.3 Å². The summed E-state index contributed by atoms with van der Waals surface area (Å²) in [7, 11) is 0. The third kappa shape index (κ3) is 3.18. The molecule has 0 saturated carbocycles. The van der Waals surface area contributed by atoms with E-state index in [0.29, 0.717) is 41.4 Å². The summed E-state index contributed by atoms with van der Waals surface area (Å²) in [5, 5.41) is 9.44. The van der Waals surface area contributed by atoms with E-state index < -0.39 is 0 Å². The molecule has 150 valence electrons. The van der Waals surface area contributed by atoms with Crippen molar-refractivity contribution in [2.45, 2.75) is 6.54 Å². The van der Waals surface area contributed by atoms with Crippen LogP contribution in [-0.2, 0) is 11.3 Å². The van der Waals surface area contributed by atoms with Crippen molar-refractivity contribution in [3.8, 4) is 6.07 Å². The summed E-state index contributed by atoms with van der Waals surface area (Å²) in [6.07, 6.45) is 3.05. The quantitative estimate of drug-likeness (QED) is 0.657. The van der Waals surface area contributed by atoms with E-state index in [0.717, 1.165) is 18.9 Å². The molecule has 0 N–H and O–H groups in total. The fourth-order valence-corrected chi connectivity index (χ4v) is 4.49. The van der Waals surface area contributed by atoms with Gasteiger partial charge in [-0.15, -0.1) is 0 Å². The molecule has 2 saturated heterocycles. The number of hydrogen-bond acceptors (Lipinski definition) is 6. The maximum atomic E-state index is 12.8. The minimum atomic E-state index is -0.189. The summed E-state index contributed by atoms with van der Waals surface area (Å²) in [5.74, 6) is 1.59. The van der Waals surface area contributed by atoms with E-state index in [4.69, 9.17) is 5.26 Å². The van der Waals surface area contributed by atoms with Gasteiger partial charge in [0.2, 0.25) is 5.91 Å². The molecule has 2 unspecified atom stereocenters. The summed E-state index contributed by atoms with van der Waals surface area (Å²) in [4.78, 5) is 38.2. The van der Waals surface area contributed by atoms with Crippen LogP contribution in [0, 0.1) is 23.2 Å². The molecular formula is C22H20N6O2. The standard InChI is InChI=1S/C22H20N6O2/c23-7-15-5-6-20(24-8-15)26-9-16-11-27(12-17(16)10-26)21(29)13-28-14-25-19-4-2-1-3-18(19)22(28)30/h1-6,8,14,16-17H,9-13H2. The minimum Gasteiger partial charge on any atom is -0.356 e. The van der Waals surface area contributed by atoms with Crippen LogP contribution in [0.1, 0.15) is 5.56 Å². The van der Waals surface area contributed by atoms with Gasteiger partial charge in [0.15, 0.2) is 0 Å². The van der Waals surface area contributed by atoms with Crippen molar-refractivity contribution >= 4 is 22.6 Å². The number of benzene rings is 1. The second-order valence-electron chi connectivity index (χ2n) is 7.94. The molecule has 2 atom stereocenters. The molecule has 3 aromatic rings. The van der Waals surface area contributed by atoms with E-state index in [1.807, 2.05) is 17.0 Å². The first-order chi connectivity index (χ1) is 14.6. The molecule has 30 heavy (non-hydrogen) atoms. The molecular weight excluding hydrogens is 380 g/mol. The number of rotatable bonds is 3. The third-order valence-electron chi connectivity index (χ3n) is 6.08. The average Bonchev–Trinajstić information content (AvgIpc) is 3.35. The van der Waals surface area contributed by atoms with Crippen molar-refractivity contribution < 1.29 is 4.79 Å². The molecule has 8 nitrogen and oxygen atoms in total. The molecule has 0 aliphatic carbocycles. The number of hydrogen-bond donors (Lipinski definition) is 0. The van der Waals surface area contributed by atoms with Gasteiger partial charge in [-0.2, -0.15) is 5.26 Å².